The predicted octanol–water partition coefficient (Wildman–Crippen LogP) is 1.67. The maximum atomic E-state index is 12.7. The average Bonchev–Trinajstić information content (AvgIpc) is 2.84. The number of carbonyl (C=O) groups excluding carboxylic acids is 2. The summed E-state index contributed by atoms with van der Waals surface area (Å²) in [4.78, 5) is 41.9. The first-order valence-electron chi connectivity index (χ1n) is 10.9. The van der Waals surface area contributed by atoms with Crippen LogP contribution in [0.1, 0.15) is 51.9 Å². The van der Waals surface area contributed by atoms with Crippen molar-refractivity contribution >= 4 is 17.8 Å². The molecule has 2 aliphatic heterocycles. The van der Waals surface area contributed by atoms with E-state index < -0.39 is 5.97 Å². The van der Waals surface area contributed by atoms with Crippen molar-refractivity contribution < 1.29 is 19.5 Å². The Labute approximate surface area is 168 Å². The summed E-state index contributed by atoms with van der Waals surface area (Å²) in [7, 11) is 0. The Bertz CT molecular complexity index is 578. The van der Waals surface area contributed by atoms with Gasteiger partial charge in [-0.05, 0) is 57.0 Å². The maximum absolute atomic E-state index is 12.7. The fourth-order valence-electron chi connectivity index (χ4n) is 4.87. The van der Waals surface area contributed by atoms with Crippen molar-refractivity contribution in [3.8, 4) is 0 Å². The number of hydrogen-bond donors (Lipinski definition) is 1. The van der Waals surface area contributed by atoms with E-state index in [-0.39, 0.29) is 36.0 Å². The van der Waals surface area contributed by atoms with Crippen LogP contribution < -0.4 is 0 Å². The largest absolute Gasteiger partial charge is 0.481 e. The maximum Gasteiger partial charge on any atom is 0.303 e. The molecule has 0 aromatic heterocycles. The van der Waals surface area contributed by atoms with Gasteiger partial charge in [-0.3, -0.25) is 14.4 Å². The molecule has 7 heteroatoms. The van der Waals surface area contributed by atoms with Gasteiger partial charge < -0.3 is 19.8 Å². The van der Waals surface area contributed by atoms with Crippen molar-refractivity contribution in [2.24, 2.45) is 17.8 Å². The molecule has 0 aromatic rings. The zero-order valence-electron chi connectivity index (χ0n) is 17.1. The van der Waals surface area contributed by atoms with Gasteiger partial charge in [0.2, 0.25) is 11.8 Å². The number of rotatable bonds is 6. The summed E-state index contributed by atoms with van der Waals surface area (Å²) in [6.07, 6.45) is 6.09. The fourth-order valence-corrected chi connectivity index (χ4v) is 4.87. The smallest absolute Gasteiger partial charge is 0.303 e. The van der Waals surface area contributed by atoms with Gasteiger partial charge in [0.15, 0.2) is 0 Å². The molecule has 1 N–H and O–H groups in total. The van der Waals surface area contributed by atoms with E-state index >= 15 is 0 Å². The molecular weight excluding hydrogens is 358 g/mol. The van der Waals surface area contributed by atoms with E-state index in [9.17, 15) is 19.5 Å². The highest BCUT2D eigenvalue weighted by atomic mass is 16.4. The summed E-state index contributed by atoms with van der Waals surface area (Å²) >= 11 is 0. The summed E-state index contributed by atoms with van der Waals surface area (Å²) in [6, 6.07) is 0. The third-order valence-corrected chi connectivity index (χ3v) is 6.94. The molecule has 1 aliphatic carbocycles. The van der Waals surface area contributed by atoms with E-state index in [0.29, 0.717) is 13.1 Å². The van der Waals surface area contributed by atoms with Crippen LogP contribution in [0.4, 0.5) is 0 Å². The van der Waals surface area contributed by atoms with Crippen LogP contribution >= 0.6 is 0 Å². The van der Waals surface area contributed by atoms with Crippen LogP contribution in [0.5, 0.6) is 0 Å². The van der Waals surface area contributed by atoms with E-state index in [1.807, 2.05) is 9.80 Å². The Balaban J connectivity index is 1.54. The predicted molar refractivity (Wildman–Crippen MR) is 106 cm³/mol. The summed E-state index contributed by atoms with van der Waals surface area (Å²) in [6.45, 7) is 7.40. The second kappa shape index (κ2) is 9.72. The van der Waals surface area contributed by atoms with E-state index in [1.54, 1.807) is 6.92 Å². The Morgan fingerprint density at radius 3 is 2.32 bits per heavy atom. The first kappa shape index (κ1) is 21.1. The zero-order valence-corrected chi connectivity index (χ0v) is 17.1. The number of hydrogen-bond acceptors (Lipinski definition) is 4. The Kier molecular flexibility index (Phi) is 7.32. The van der Waals surface area contributed by atoms with Gasteiger partial charge >= 0.3 is 5.97 Å². The van der Waals surface area contributed by atoms with Gasteiger partial charge in [-0.25, -0.2) is 0 Å². The molecule has 0 bridgehead atoms. The summed E-state index contributed by atoms with van der Waals surface area (Å²) in [5.41, 5.74) is 0. The molecule has 0 aromatic carbocycles. The molecule has 3 aliphatic rings. The van der Waals surface area contributed by atoms with Gasteiger partial charge in [-0.2, -0.15) is 0 Å². The molecule has 7 nitrogen and oxygen atoms in total. The molecule has 2 saturated heterocycles. The number of aliphatic carboxylic acids is 1. The van der Waals surface area contributed by atoms with Crippen LogP contribution in [0.15, 0.2) is 0 Å². The molecule has 28 heavy (non-hydrogen) atoms. The van der Waals surface area contributed by atoms with E-state index in [2.05, 4.69) is 4.90 Å². The van der Waals surface area contributed by atoms with Crippen LogP contribution in [0, 0.1) is 17.8 Å². The minimum absolute atomic E-state index is 0.140. The summed E-state index contributed by atoms with van der Waals surface area (Å²) < 4.78 is 0. The molecule has 2 atom stereocenters. The molecular formula is C21H35N3O4. The molecule has 0 spiro atoms. The van der Waals surface area contributed by atoms with Crippen LogP contribution in [0.25, 0.3) is 0 Å². The first-order chi connectivity index (χ1) is 13.4. The number of nitrogens with zero attached hydrogens (tertiary/aromatic N) is 3. The molecule has 3 rings (SSSR count). The molecule has 3 fully saturated rings. The lowest BCUT2D eigenvalue weighted by atomic mass is 9.79. The van der Waals surface area contributed by atoms with Crippen molar-refractivity contribution in [3.05, 3.63) is 0 Å². The van der Waals surface area contributed by atoms with Crippen LogP contribution in [0.2, 0.25) is 0 Å². The number of amides is 2. The standard InChI is InChI=1S/C21H35N3O4/c1-16(25)23-9-3-8-22(12-13-23)10-6-19-15-24(21(28)17-4-2-5-17)11-7-18(19)14-20(26)27/h17-19H,2-15H2,1H3,(H,26,27)/t18-,19-/m0/s1. The molecule has 2 amide bonds. The first-order valence-corrected chi connectivity index (χ1v) is 10.9. The lowest BCUT2D eigenvalue weighted by molar-refractivity contribution is -0.142. The second-order valence-corrected chi connectivity index (χ2v) is 8.81. The monoisotopic (exact) mass is 393 g/mol. The normalized spacial score (nSPS) is 27.2. The zero-order chi connectivity index (χ0) is 20.1. The number of piperidine rings is 1. The van der Waals surface area contributed by atoms with E-state index in [1.165, 1.54) is 0 Å². The van der Waals surface area contributed by atoms with Gasteiger partial charge in [0.05, 0.1) is 0 Å². The number of carboxylic acids is 1. The van der Waals surface area contributed by atoms with Gasteiger partial charge in [0, 0.05) is 52.0 Å². The molecule has 0 radical (unpaired) electrons. The van der Waals surface area contributed by atoms with Gasteiger partial charge in [-0.1, -0.05) is 6.42 Å². The highest BCUT2D eigenvalue weighted by molar-refractivity contribution is 5.79. The van der Waals surface area contributed by atoms with Crippen molar-refractivity contribution in [1.82, 2.24) is 14.7 Å². The minimum Gasteiger partial charge on any atom is -0.481 e. The molecule has 0 unspecified atom stereocenters. The van der Waals surface area contributed by atoms with Crippen LogP contribution in [0.3, 0.4) is 0 Å². The Morgan fingerprint density at radius 1 is 0.893 bits per heavy atom. The van der Waals surface area contributed by atoms with Crippen molar-refractivity contribution in [1.29, 1.82) is 0 Å². The van der Waals surface area contributed by atoms with Crippen molar-refractivity contribution in [3.63, 3.8) is 0 Å². The van der Waals surface area contributed by atoms with Crippen molar-refractivity contribution in [2.45, 2.75) is 51.9 Å². The molecule has 158 valence electrons. The summed E-state index contributed by atoms with van der Waals surface area (Å²) in [5, 5.41) is 9.30. The Hall–Kier alpha value is -1.63. The second-order valence-electron chi connectivity index (χ2n) is 8.81. The third-order valence-electron chi connectivity index (χ3n) is 6.94. The summed E-state index contributed by atoms with van der Waals surface area (Å²) in [5.74, 6) is 0.308. The highest BCUT2D eigenvalue weighted by Gasteiger charge is 2.36. The lowest BCUT2D eigenvalue weighted by Crippen LogP contribution is -2.48. The quantitative estimate of drug-likeness (QED) is 0.742. The Morgan fingerprint density at radius 2 is 1.68 bits per heavy atom. The minimum atomic E-state index is -0.736. The molecule has 2 heterocycles. The topological polar surface area (TPSA) is 81.2 Å². The third kappa shape index (κ3) is 5.46. The lowest BCUT2D eigenvalue weighted by Gasteiger charge is -2.41. The van der Waals surface area contributed by atoms with Gasteiger partial charge in [0.1, 0.15) is 0 Å². The number of carbonyl (C=O) groups is 3. The van der Waals surface area contributed by atoms with Crippen molar-refractivity contribution in [2.75, 3.05) is 45.8 Å². The average molecular weight is 394 g/mol. The van der Waals surface area contributed by atoms with E-state index in [4.69, 9.17) is 0 Å². The van der Waals surface area contributed by atoms with E-state index in [0.717, 1.165) is 71.2 Å². The van der Waals surface area contributed by atoms with Gasteiger partial charge in [-0.15, -0.1) is 0 Å². The van der Waals surface area contributed by atoms with Gasteiger partial charge in [0.25, 0.3) is 0 Å². The SMILES string of the molecule is CC(=O)N1CCCN(CC[C@H]2CN(C(=O)C3CCC3)CC[C@H]2CC(=O)O)CC1. The highest BCUT2D eigenvalue weighted by Crippen LogP contribution is 2.33. The number of carboxylic acid groups (broad SMARTS) is 1. The molecule has 1 saturated carbocycles. The fraction of sp³-hybridized carbons (Fsp3) is 0.857. The van der Waals surface area contributed by atoms with Crippen LogP contribution in [-0.4, -0.2) is 83.4 Å². The van der Waals surface area contributed by atoms with Crippen LogP contribution in [-0.2, 0) is 14.4 Å². The number of likely N-dealkylation sites (tertiary alicyclic amines) is 1.